The summed E-state index contributed by atoms with van der Waals surface area (Å²) < 4.78 is 10.4. The molecule has 2 aromatic rings. The summed E-state index contributed by atoms with van der Waals surface area (Å²) in [6.45, 7) is 0. The van der Waals surface area contributed by atoms with Crippen molar-refractivity contribution < 1.29 is 14.6 Å². The Labute approximate surface area is 111 Å². The molecule has 0 unspecified atom stereocenters. The quantitative estimate of drug-likeness (QED) is 0.918. The molecule has 0 fully saturated rings. The molecule has 2 rings (SSSR count). The zero-order chi connectivity index (χ0) is 13.1. The van der Waals surface area contributed by atoms with E-state index in [0.717, 1.165) is 11.1 Å². The maximum atomic E-state index is 9.58. The highest BCUT2D eigenvalue weighted by Crippen LogP contribution is 2.37. The van der Waals surface area contributed by atoms with E-state index >= 15 is 0 Å². The summed E-state index contributed by atoms with van der Waals surface area (Å²) in [5, 5.41) is 10.2. The molecule has 94 valence electrons. The number of phenols is 1. The Balaban J connectivity index is 2.57. The molecular formula is C14H13ClO3. The Morgan fingerprint density at radius 2 is 1.67 bits per heavy atom. The lowest BCUT2D eigenvalue weighted by atomic mass is 10.0. The van der Waals surface area contributed by atoms with E-state index in [4.69, 9.17) is 21.1 Å². The van der Waals surface area contributed by atoms with E-state index in [0.29, 0.717) is 16.5 Å². The normalized spacial score (nSPS) is 10.2. The first-order valence-corrected chi connectivity index (χ1v) is 5.74. The Morgan fingerprint density at radius 3 is 2.33 bits per heavy atom. The number of aromatic hydroxyl groups is 1. The molecule has 0 atom stereocenters. The number of phenolic OH excluding ortho intramolecular Hbond substituents is 1. The Hall–Kier alpha value is -1.87. The lowest BCUT2D eigenvalue weighted by Gasteiger charge is -2.11. The van der Waals surface area contributed by atoms with Crippen molar-refractivity contribution in [2.24, 2.45) is 0 Å². The Morgan fingerprint density at radius 1 is 0.944 bits per heavy atom. The molecule has 0 aliphatic rings. The van der Waals surface area contributed by atoms with Gasteiger partial charge in [-0.25, -0.2) is 0 Å². The number of hydrogen-bond donors (Lipinski definition) is 1. The van der Waals surface area contributed by atoms with Gasteiger partial charge >= 0.3 is 0 Å². The molecule has 0 spiro atoms. The molecule has 0 heterocycles. The van der Waals surface area contributed by atoms with E-state index in [9.17, 15) is 5.11 Å². The van der Waals surface area contributed by atoms with Gasteiger partial charge in [-0.1, -0.05) is 17.7 Å². The van der Waals surface area contributed by atoms with Crippen molar-refractivity contribution in [1.82, 2.24) is 0 Å². The summed E-state index contributed by atoms with van der Waals surface area (Å²) >= 11 is 5.99. The zero-order valence-electron chi connectivity index (χ0n) is 10.1. The SMILES string of the molecule is COc1cc(-c2cc(Cl)ccc2OC)ccc1O. The van der Waals surface area contributed by atoms with Gasteiger partial charge < -0.3 is 14.6 Å². The van der Waals surface area contributed by atoms with Crippen molar-refractivity contribution in [1.29, 1.82) is 0 Å². The fourth-order valence-corrected chi connectivity index (χ4v) is 1.92. The van der Waals surface area contributed by atoms with Crippen LogP contribution in [0.2, 0.25) is 5.02 Å². The minimum atomic E-state index is 0.0993. The summed E-state index contributed by atoms with van der Waals surface area (Å²) in [5.41, 5.74) is 1.72. The van der Waals surface area contributed by atoms with Crippen LogP contribution < -0.4 is 9.47 Å². The molecule has 0 saturated heterocycles. The van der Waals surface area contributed by atoms with Crippen molar-refractivity contribution >= 4 is 11.6 Å². The van der Waals surface area contributed by atoms with Gasteiger partial charge in [0, 0.05) is 10.6 Å². The maximum absolute atomic E-state index is 9.58. The summed E-state index contributed by atoms with van der Waals surface area (Å²) in [7, 11) is 3.11. The monoisotopic (exact) mass is 264 g/mol. The van der Waals surface area contributed by atoms with E-state index in [1.54, 1.807) is 37.4 Å². The highest BCUT2D eigenvalue weighted by atomic mass is 35.5. The third-order valence-electron chi connectivity index (χ3n) is 2.65. The molecule has 0 bridgehead atoms. The molecule has 0 aliphatic carbocycles. The lowest BCUT2D eigenvalue weighted by Crippen LogP contribution is -1.89. The van der Waals surface area contributed by atoms with Gasteiger partial charge in [0.05, 0.1) is 14.2 Å². The second kappa shape index (κ2) is 5.19. The van der Waals surface area contributed by atoms with Gasteiger partial charge in [0.1, 0.15) is 5.75 Å². The summed E-state index contributed by atoms with van der Waals surface area (Å²) in [4.78, 5) is 0. The van der Waals surface area contributed by atoms with Crippen LogP contribution >= 0.6 is 11.6 Å². The second-order valence-electron chi connectivity index (χ2n) is 3.73. The number of rotatable bonds is 3. The number of halogens is 1. The van der Waals surface area contributed by atoms with Crippen LogP contribution in [0.5, 0.6) is 17.2 Å². The molecule has 1 N–H and O–H groups in total. The third-order valence-corrected chi connectivity index (χ3v) is 2.89. The average molecular weight is 265 g/mol. The van der Waals surface area contributed by atoms with E-state index in [1.807, 2.05) is 6.07 Å². The topological polar surface area (TPSA) is 38.7 Å². The van der Waals surface area contributed by atoms with Crippen molar-refractivity contribution in [2.45, 2.75) is 0 Å². The van der Waals surface area contributed by atoms with Crippen LogP contribution in [0.1, 0.15) is 0 Å². The summed E-state index contributed by atoms with van der Waals surface area (Å²) in [6.07, 6.45) is 0. The first-order chi connectivity index (χ1) is 8.65. The predicted octanol–water partition coefficient (Wildman–Crippen LogP) is 3.73. The fraction of sp³-hybridized carbons (Fsp3) is 0.143. The van der Waals surface area contributed by atoms with Crippen LogP contribution in [-0.4, -0.2) is 19.3 Å². The van der Waals surface area contributed by atoms with Crippen molar-refractivity contribution in [2.75, 3.05) is 14.2 Å². The van der Waals surface area contributed by atoms with Crippen molar-refractivity contribution in [3.05, 3.63) is 41.4 Å². The first kappa shape index (κ1) is 12.6. The van der Waals surface area contributed by atoms with Gasteiger partial charge in [0.15, 0.2) is 11.5 Å². The maximum Gasteiger partial charge on any atom is 0.161 e. The van der Waals surface area contributed by atoms with Gasteiger partial charge in [0.25, 0.3) is 0 Å². The van der Waals surface area contributed by atoms with Crippen LogP contribution in [-0.2, 0) is 0 Å². The highest BCUT2D eigenvalue weighted by Gasteiger charge is 2.09. The Kier molecular flexibility index (Phi) is 3.63. The minimum absolute atomic E-state index is 0.0993. The van der Waals surface area contributed by atoms with Gasteiger partial charge in [-0.2, -0.15) is 0 Å². The molecule has 0 saturated carbocycles. The van der Waals surface area contributed by atoms with Crippen LogP contribution in [0, 0.1) is 0 Å². The van der Waals surface area contributed by atoms with Crippen molar-refractivity contribution in [3.8, 4) is 28.4 Å². The number of benzene rings is 2. The molecule has 0 radical (unpaired) electrons. The largest absolute Gasteiger partial charge is 0.504 e. The molecule has 0 amide bonds. The van der Waals surface area contributed by atoms with Crippen LogP contribution in [0.3, 0.4) is 0 Å². The smallest absolute Gasteiger partial charge is 0.161 e. The molecule has 2 aromatic carbocycles. The molecule has 18 heavy (non-hydrogen) atoms. The zero-order valence-corrected chi connectivity index (χ0v) is 10.9. The molecule has 4 heteroatoms. The van der Waals surface area contributed by atoms with E-state index in [-0.39, 0.29) is 5.75 Å². The second-order valence-corrected chi connectivity index (χ2v) is 4.17. The third kappa shape index (κ3) is 2.36. The fourth-order valence-electron chi connectivity index (χ4n) is 1.75. The predicted molar refractivity (Wildman–Crippen MR) is 71.7 cm³/mol. The van der Waals surface area contributed by atoms with Gasteiger partial charge in [0.2, 0.25) is 0 Å². The van der Waals surface area contributed by atoms with Gasteiger partial charge in [-0.15, -0.1) is 0 Å². The summed E-state index contributed by atoms with van der Waals surface area (Å²) in [5.74, 6) is 1.23. The highest BCUT2D eigenvalue weighted by molar-refractivity contribution is 6.31. The summed E-state index contributed by atoms with van der Waals surface area (Å²) in [6, 6.07) is 10.5. The Bertz CT molecular complexity index is 567. The van der Waals surface area contributed by atoms with Gasteiger partial charge in [-0.05, 0) is 35.9 Å². The van der Waals surface area contributed by atoms with Crippen molar-refractivity contribution in [3.63, 3.8) is 0 Å². The van der Waals surface area contributed by atoms with Crippen LogP contribution in [0.15, 0.2) is 36.4 Å². The minimum Gasteiger partial charge on any atom is -0.504 e. The average Bonchev–Trinajstić information content (AvgIpc) is 2.39. The number of methoxy groups -OCH3 is 2. The molecule has 0 aromatic heterocycles. The molecular weight excluding hydrogens is 252 g/mol. The van der Waals surface area contributed by atoms with E-state index in [1.165, 1.54) is 7.11 Å². The van der Waals surface area contributed by atoms with E-state index < -0.39 is 0 Å². The van der Waals surface area contributed by atoms with Crippen LogP contribution in [0.4, 0.5) is 0 Å². The van der Waals surface area contributed by atoms with Gasteiger partial charge in [-0.3, -0.25) is 0 Å². The van der Waals surface area contributed by atoms with E-state index in [2.05, 4.69) is 0 Å². The first-order valence-electron chi connectivity index (χ1n) is 5.36. The molecule has 0 aliphatic heterocycles. The number of hydrogen-bond acceptors (Lipinski definition) is 3. The molecule has 3 nitrogen and oxygen atoms in total. The lowest BCUT2D eigenvalue weighted by molar-refractivity contribution is 0.373. The van der Waals surface area contributed by atoms with Crippen LogP contribution in [0.25, 0.3) is 11.1 Å². The standard InChI is InChI=1S/C14H13ClO3/c1-17-13-6-4-10(15)8-11(13)9-3-5-12(16)14(7-9)18-2/h3-8,16H,1-2H3. The number of ether oxygens (including phenoxy) is 2.